The van der Waals surface area contributed by atoms with E-state index in [9.17, 15) is 8.78 Å². The first kappa shape index (κ1) is 9.58. The van der Waals surface area contributed by atoms with Crippen LogP contribution in [-0.4, -0.2) is 28.8 Å². The molecule has 1 atom stereocenters. The minimum atomic E-state index is -2.63. The van der Waals surface area contributed by atoms with Gasteiger partial charge in [0.2, 0.25) is 0 Å². The van der Waals surface area contributed by atoms with Crippen LogP contribution in [0.25, 0.3) is 0 Å². The van der Waals surface area contributed by atoms with Crippen molar-refractivity contribution in [2.45, 2.75) is 18.3 Å². The van der Waals surface area contributed by atoms with Crippen molar-refractivity contribution < 1.29 is 8.78 Å². The van der Waals surface area contributed by atoms with Gasteiger partial charge in [0, 0.05) is 32.8 Å². The zero-order valence-electron chi connectivity index (χ0n) is 8.00. The van der Waals surface area contributed by atoms with Crippen molar-refractivity contribution in [3.63, 3.8) is 0 Å². The van der Waals surface area contributed by atoms with Crippen LogP contribution in [0.5, 0.6) is 0 Å². The lowest BCUT2D eigenvalue weighted by molar-refractivity contribution is -0.0492. The first-order valence-corrected chi connectivity index (χ1v) is 4.68. The van der Waals surface area contributed by atoms with Crippen molar-refractivity contribution in [3.8, 4) is 0 Å². The summed E-state index contributed by atoms with van der Waals surface area (Å²) < 4.78 is 28.5. The molecular weight excluding hydrogens is 188 g/mol. The topological polar surface area (TPSA) is 29.9 Å². The standard InChI is InChI=1S/C9H13F2N3/c1-14-5-2-8(13-14)7-6-12-4-3-9(7,10)11/h2,5,7,12H,3-4,6H2,1H3. The summed E-state index contributed by atoms with van der Waals surface area (Å²) in [4.78, 5) is 0. The van der Waals surface area contributed by atoms with Crippen LogP contribution in [0.15, 0.2) is 12.3 Å². The van der Waals surface area contributed by atoms with Gasteiger partial charge in [-0.1, -0.05) is 0 Å². The normalized spacial score (nSPS) is 26.4. The summed E-state index contributed by atoms with van der Waals surface area (Å²) in [6.45, 7) is 0.695. The van der Waals surface area contributed by atoms with Gasteiger partial charge in [0.05, 0.1) is 11.6 Å². The molecule has 1 N–H and O–H groups in total. The maximum atomic E-state index is 13.5. The third kappa shape index (κ3) is 1.64. The fourth-order valence-electron chi connectivity index (χ4n) is 1.76. The van der Waals surface area contributed by atoms with E-state index < -0.39 is 11.8 Å². The predicted octanol–water partition coefficient (Wildman–Crippen LogP) is 1.13. The molecule has 0 spiro atoms. The van der Waals surface area contributed by atoms with Gasteiger partial charge >= 0.3 is 0 Å². The highest BCUT2D eigenvalue weighted by atomic mass is 19.3. The minimum absolute atomic E-state index is 0.103. The van der Waals surface area contributed by atoms with Gasteiger partial charge in [0.25, 0.3) is 5.92 Å². The average Bonchev–Trinajstić information content (AvgIpc) is 2.51. The molecular formula is C9H13F2N3. The van der Waals surface area contributed by atoms with E-state index in [2.05, 4.69) is 10.4 Å². The lowest BCUT2D eigenvalue weighted by Gasteiger charge is -2.30. The van der Waals surface area contributed by atoms with Crippen molar-refractivity contribution in [1.29, 1.82) is 0 Å². The third-order valence-corrected chi connectivity index (χ3v) is 2.58. The molecule has 0 amide bonds. The molecule has 3 nitrogen and oxygen atoms in total. The summed E-state index contributed by atoms with van der Waals surface area (Å²) in [5.74, 6) is -3.41. The number of halogens is 2. The second-order valence-corrected chi connectivity index (χ2v) is 3.68. The number of rotatable bonds is 1. The van der Waals surface area contributed by atoms with Crippen LogP contribution in [-0.2, 0) is 7.05 Å². The van der Waals surface area contributed by atoms with Crippen molar-refractivity contribution >= 4 is 0 Å². The van der Waals surface area contributed by atoms with Crippen LogP contribution in [0.2, 0.25) is 0 Å². The maximum absolute atomic E-state index is 13.5. The summed E-state index contributed by atoms with van der Waals surface area (Å²) >= 11 is 0. The van der Waals surface area contributed by atoms with E-state index in [0.717, 1.165) is 0 Å². The molecule has 2 rings (SSSR count). The van der Waals surface area contributed by atoms with Gasteiger partial charge in [-0.3, -0.25) is 4.68 Å². The molecule has 1 aromatic rings. The van der Waals surface area contributed by atoms with Crippen LogP contribution in [0.1, 0.15) is 18.0 Å². The molecule has 0 aromatic carbocycles. The number of hydrogen-bond donors (Lipinski definition) is 1. The first-order valence-electron chi connectivity index (χ1n) is 4.68. The second kappa shape index (κ2) is 3.31. The van der Waals surface area contributed by atoms with E-state index in [4.69, 9.17) is 0 Å². The zero-order valence-corrected chi connectivity index (χ0v) is 8.00. The van der Waals surface area contributed by atoms with Gasteiger partial charge in [0.1, 0.15) is 0 Å². The Hall–Kier alpha value is -0.970. The highest BCUT2D eigenvalue weighted by Crippen LogP contribution is 2.36. The Morgan fingerprint density at radius 1 is 1.64 bits per heavy atom. The molecule has 78 valence electrons. The highest BCUT2D eigenvalue weighted by molar-refractivity contribution is 5.13. The molecule has 5 heteroatoms. The summed E-state index contributed by atoms with van der Waals surface area (Å²) in [6, 6.07) is 1.66. The van der Waals surface area contributed by atoms with E-state index in [1.807, 2.05) is 0 Å². The van der Waals surface area contributed by atoms with E-state index in [1.54, 1.807) is 24.0 Å². The SMILES string of the molecule is Cn1ccc(C2CNCCC2(F)F)n1. The Kier molecular flexibility index (Phi) is 2.26. The van der Waals surface area contributed by atoms with Crippen LogP contribution < -0.4 is 5.32 Å². The third-order valence-electron chi connectivity index (χ3n) is 2.58. The molecule has 1 aliphatic rings. The molecule has 0 saturated carbocycles. The number of alkyl halides is 2. The average molecular weight is 201 g/mol. The maximum Gasteiger partial charge on any atom is 0.258 e. The number of nitrogens with zero attached hydrogens (tertiary/aromatic N) is 2. The van der Waals surface area contributed by atoms with Gasteiger partial charge in [-0.25, -0.2) is 8.78 Å². The lowest BCUT2D eigenvalue weighted by atomic mass is 9.92. The minimum Gasteiger partial charge on any atom is -0.316 e. The highest BCUT2D eigenvalue weighted by Gasteiger charge is 2.43. The number of hydrogen-bond acceptors (Lipinski definition) is 2. The monoisotopic (exact) mass is 201 g/mol. The smallest absolute Gasteiger partial charge is 0.258 e. The van der Waals surface area contributed by atoms with Crippen molar-refractivity contribution in [2.24, 2.45) is 7.05 Å². The van der Waals surface area contributed by atoms with Crippen LogP contribution in [0.4, 0.5) is 8.78 Å². The largest absolute Gasteiger partial charge is 0.316 e. The van der Waals surface area contributed by atoms with Gasteiger partial charge in [-0.2, -0.15) is 5.10 Å². The Morgan fingerprint density at radius 3 is 3.00 bits per heavy atom. The Bertz CT molecular complexity index is 322. The summed E-state index contributed by atoms with van der Waals surface area (Å²) in [7, 11) is 1.73. The first-order chi connectivity index (χ1) is 6.59. The molecule has 0 radical (unpaired) electrons. The second-order valence-electron chi connectivity index (χ2n) is 3.68. The van der Waals surface area contributed by atoms with Gasteiger partial charge in [0.15, 0.2) is 0 Å². The molecule has 1 saturated heterocycles. The summed E-state index contributed by atoms with van der Waals surface area (Å²) in [5, 5.41) is 7.00. The van der Waals surface area contributed by atoms with E-state index in [1.165, 1.54) is 0 Å². The number of piperidine rings is 1. The van der Waals surface area contributed by atoms with Crippen LogP contribution in [0, 0.1) is 0 Å². The molecule has 1 aliphatic heterocycles. The summed E-state index contributed by atoms with van der Waals surface area (Å²) in [5.41, 5.74) is 0.477. The van der Waals surface area contributed by atoms with E-state index in [0.29, 0.717) is 18.8 Å². The lowest BCUT2D eigenvalue weighted by Crippen LogP contribution is -2.43. The van der Waals surface area contributed by atoms with Gasteiger partial charge in [-0.05, 0) is 6.07 Å². The molecule has 0 aliphatic carbocycles. The van der Waals surface area contributed by atoms with Crippen molar-refractivity contribution in [3.05, 3.63) is 18.0 Å². The molecule has 1 aromatic heterocycles. The Morgan fingerprint density at radius 2 is 2.43 bits per heavy atom. The molecule has 14 heavy (non-hydrogen) atoms. The van der Waals surface area contributed by atoms with Crippen LogP contribution in [0.3, 0.4) is 0 Å². The van der Waals surface area contributed by atoms with Crippen molar-refractivity contribution in [2.75, 3.05) is 13.1 Å². The molecule has 0 bridgehead atoms. The summed E-state index contributed by atoms with van der Waals surface area (Å²) in [6.07, 6.45) is 1.59. The Balaban J connectivity index is 2.23. The van der Waals surface area contributed by atoms with E-state index >= 15 is 0 Å². The number of nitrogens with one attached hydrogen (secondary N) is 1. The van der Waals surface area contributed by atoms with Crippen molar-refractivity contribution in [1.82, 2.24) is 15.1 Å². The number of aromatic nitrogens is 2. The molecule has 1 fully saturated rings. The number of aryl methyl sites for hydroxylation is 1. The fraction of sp³-hybridized carbons (Fsp3) is 0.667. The Labute approximate surface area is 81.1 Å². The van der Waals surface area contributed by atoms with Gasteiger partial charge in [-0.15, -0.1) is 0 Å². The molecule has 1 unspecified atom stereocenters. The zero-order chi connectivity index (χ0) is 10.2. The van der Waals surface area contributed by atoms with Crippen LogP contribution >= 0.6 is 0 Å². The predicted molar refractivity (Wildman–Crippen MR) is 48.4 cm³/mol. The molecule has 2 heterocycles. The van der Waals surface area contributed by atoms with E-state index in [-0.39, 0.29) is 6.42 Å². The quantitative estimate of drug-likeness (QED) is 0.738. The van der Waals surface area contributed by atoms with Gasteiger partial charge < -0.3 is 5.32 Å². The fourth-order valence-corrected chi connectivity index (χ4v) is 1.76.